The third kappa shape index (κ3) is 1.00. The van der Waals surface area contributed by atoms with E-state index in [0.717, 1.165) is 0 Å². The Bertz CT molecular complexity index is 413. The molecule has 0 spiro atoms. The molecule has 2 aliphatic rings. The van der Waals surface area contributed by atoms with Crippen molar-refractivity contribution in [2.75, 3.05) is 0 Å². The first-order valence-corrected chi connectivity index (χ1v) is 3.38. The molecule has 64 valence electrons. The van der Waals surface area contributed by atoms with Crippen molar-refractivity contribution in [2.45, 2.75) is 5.79 Å². The number of hydrogen-bond acceptors (Lipinski definition) is 6. The molecule has 0 aromatic heterocycles. The summed E-state index contributed by atoms with van der Waals surface area (Å²) in [5.74, 6) is -2.15. The van der Waals surface area contributed by atoms with Crippen LogP contribution in [0.3, 0.4) is 0 Å². The molecule has 1 amide bonds. The molecule has 2 aliphatic heterocycles. The van der Waals surface area contributed by atoms with Gasteiger partial charge in [-0.2, -0.15) is 5.26 Å². The van der Waals surface area contributed by atoms with Crippen LogP contribution in [0.25, 0.3) is 0 Å². The van der Waals surface area contributed by atoms with E-state index in [9.17, 15) is 4.79 Å². The van der Waals surface area contributed by atoms with Crippen LogP contribution in [0.5, 0.6) is 0 Å². The lowest BCUT2D eigenvalue weighted by molar-refractivity contribution is -0.116. The highest BCUT2D eigenvalue weighted by molar-refractivity contribution is 6.69. The molecule has 0 radical (unpaired) electrons. The minimum Gasteiger partial charge on any atom is -0.302 e. The molecule has 13 heavy (non-hydrogen) atoms. The topological polar surface area (TPSA) is 116 Å². The van der Waals surface area contributed by atoms with E-state index < -0.39 is 11.7 Å². The number of nitrogens with zero attached hydrogens (tertiary/aromatic N) is 4. The van der Waals surface area contributed by atoms with Crippen LogP contribution in [0.4, 0.5) is 0 Å². The lowest BCUT2D eigenvalue weighted by Gasteiger charge is -2.22. The monoisotopic (exact) mass is 176 g/mol. The fourth-order valence-electron chi connectivity index (χ4n) is 0.982. The third-order valence-electron chi connectivity index (χ3n) is 1.55. The molecule has 0 aromatic rings. The first-order valence-electron chi connectivity index (χ1n) is 3.38. The number of aliphatic imine (C=N–C) groups is 3. The zero-order chi connectivity index (χ0) is 9.47. The number of rotatable bonds is 0. The van der Waals surface area contributed by atoms with E-state index in [2.05, 4.69) is 20.3 Å². The largest absolute Gasteiger partial charge is 0.302 e. The number of fused-ring (bicyclic) bond motifs is 1. The standard InChI is InChI=1S/C6H4N6O/c7-1-6(8)11-4-3(5(13)12-6)9-2-10-4/h2H,8H2,(H,12,13). The van der Waals surface area contributed by atoms with Gasteiger partial charge < -0.3 is 5.32 Å². The van der Waals surface area contributed by atoms with Crippen LogP contribution in [0, 0.1) is 11.3 Å². The van der Waals surface area contributed by atoms with Gasteiger partial charge in [-0.1, -0.05) is 0 Å². The molecule has 7 heteroatoms. The average Bonchev–Trinajstić information content (AvgIpc) is 2.52. The number of nitriles is 1. The van der Waals surface area contributed by atoms with Crippen LogP contribution >= 0.6 is 0 Å². The fraction of sp³-hybridized carbons (Fsp3) is 0.167. The van der Waals surface area contributed by atoms with E-state index in [0.29, 0.717) is 0 Å². The van der Waals surface area contributed by atoms with Gasteiger partial charge in [0, 0.05) is 0 Å². The van der Waals surface area contributed by atoms with Gasteiger partial charge >= 0.3 is 0 Å². The first-order chi connectivity index (χ1) is 6.14. The normalized spacial score (nSPS) is 30.0. The number of carbonyl (C=O) groups excluding carboxylic acids is 1. The first kappa shape index (κ1) is 7.57. The molecule has 3 N–H and O–H groups in total. The Balaban J connectivity index is 2.52. The van der Waals surface area contributed by atoms with Gasteiger partial charge in [-0.15, -0.1) is 0 Å². The summed E-state index contributed by atoms with van der Waals surface area (Å²) in [6.07, 6.45) is 1.19. The molecule has 1 atom stereocenters. The van der Waals surface area contributed by atoms with Gasteiger partial charge in [-0.3, -0.25) is 10.5 Å². The highest BCUT2D eigenvalue weighted by Gasteiger charge is 2.37. The van der Waals surface area contributed by atoms with Crippen molar-refractivity contribution in [3.8, 4) is 6.07 Å². The van der Waals surface area contributed by atoms with Crippen molar-refractivity contribution in [3.63, 3.8) is 0 Å². The summed E-state index contributed by atoms with van der Waals surface area (Å²) in [5.41, 5.74) is 5.49. The van der Waals surface area contributed by atoms with E-state index in [1.807, 2.05) is 0 Å². The van der Waals surface area contributed by atoms with Gasteiger partial charge in [0.2, 0.25) is 0 Å². The second-order valence-electron chi connectivity index (χ2n) is 2.49. The lowest BCUT2D eigenvalue weighted by atomic mass is 10.2. The van der Waals surface area contributed by atoms with Crippen LogP contribution in [0.15, 0.2) is 15.0 Å². The van der Waals surface area contributed by atoms with E-state index in [1.165, 1.54) is 6.34 Å². The molecule has 2 heterocycles. The van der Waals surface area contributed by atoms with Gasteiger partial charge in [-0.05, 0) is 0 Å². The number of nitrogens with two attached hydrogens (primary N) is 1. The summed E-state index contributed by atoms with van der Waals surface area (Å²) >= 11 is 0. The summed E-state index contributed by atoms with van der Waals surface area (Å²) < 4.78 is 0. The van der Waals surface area contributed by atoms with Crippen LogP contribution in [0.2, 0.25) is 0 Å². The van der Waals surface area contributed by atoms with Crippen molar-refractivity contribution >= 4 is 23.8 Å². The summed E-state index contributed by atoms with van der Waals surface area (Å²) in [6.45, 7) is 0. The molecule has 2 rings (SSSR count). The molecule has 0 saturated heterocycles. The van der Waals surface area contributed by atoms with E-state index in [-0.39, 0.29) is 11.5 Å². The van der Waals surface area contributed by atoms with Crippen LogP contribution < -0.4 is 11.1 Å². The maximum Gasteiger partial charge on any atom is 0.277 e. The number of hydrogen-bond donors (Lipinski definition) is 2. The summed E-state index contributed by atoms with van der Waals surface area (Å²) in [4.78, 5) is 22.3. The molecule has 0 saturated carbocycles. The zero-order valence-electron chi connectivity index (χ0n) is 6.35. The van der Waals surface area contributed by atoms with Crippen molar-refractivity contribution < 1.29 is 4.79 Å². The van der Waals surface area contributed by atoms with Crippen molar-refractivity contribution in [2.24, 2.45) is 20.7 Å². The Labute approximate surface area is 72.7 Å². The predicted molar refractivity (Wildman–Crippen MR) is 44.0 cm³/mol. The van der Waals surface area contributed by atoms with Crippen molar-refractivity contribution in [1.29, 1.82) is 5.26 Å². The number of amides is 1. The van der Waals surface area contributed by atoms with Crippen molar-refractivity contribution in [1.82, 2.24) is 5.32 Å². The second-order valence-corrected chi connectivity index (χ2v) is 2.49. The van der Waals surface area contributed by atoms with Gasteiger partial charge in [0.15, 0.2) is 11.5 Å². The highest BCUT2D eigenvalue weighted by Crippen LogP contribution is 2.08. The van der Waals surface area contributed by atoms with E-state index in [1.54, 1.807) is 6.07 Å². The Morgan fingerprint density at radius 1 is 1.69 bits per heavy atom. The molecule has 0 aliphatic carbocycles. The molecular weight excluding hydrogens is 172 g/mol. The Morgan fingerprint density at radius 3 is 3.15 bits per heavy atom. The molecular formula is C6H4N6O. The fourth-order valence-corrected chi connectivity index (χ4v) is 0.982. The third-order valence-corrected chi connectivity index (χ3v) is 1.55. The maximum atomic E-state index is 11.2. The molecule has 0 bridgehead atoms. The van der Waals surface area contributed by atoms with Crippen LogP contribution in [-0.2, 0) is 4.79 Å². The Morgan fingerprint density at radius 2 is 2.46 bits per heavy atom. The van der Waals surface area contributed by atoms with Gasteiger partial charge in [0.25, 0.3) is 11.7 Å². The molecule has 0 aromatic carbocycles. The minimum atomic E-state index is -1.72. The summed E-state index contributed by atoms with van der Waals surface area (Å²) in [6, 6.07) is 1.65. The molecule has 1 unspecified atom stereocenters. The zero-order valence-corrected chi connectivity index (χ0v) is 6.35. The quantitative estimate of drug-likeness (QED) is 0.450. The minimum absolute atomic E-state index is 0.0938. The van der Waals surface area contributed by atoms with Gasteiger partial charge in [0.05, 0.1) is 0 Å². The number of amidine groups is 1. The molecule has 0 fully saturated rings. The summed E-state index contributed by atoms with van der Waals surface area (Å²) in [5, 5.41) is 10.8. The van der Waals surface area contributed by atoms with Crippen molar-refractivity contribution in [3.05, 3.63) is 0 Å². The van der Waals surface area contributed by atoms with Crippen LogP contribution in [-0.4, -0.2) is 29.6 Å². The summed E-state index contributed by atoms with van der Waals surface area (Å²) in [7, 11) is 0. The Hall–Kier alpha value is -2.07. The van der Waals surface area contributed by atoms with Gasteiger partial charge in [0.1, 0.15) is 12.4 Å². The number of nitrogens with one attached hydrogen (secondary N) is 1. The maximum absolute atomic E-state index is 11.2. The predicted octanol–water partition coefficient (Wildman–Crippen LogP) is -1.87. The Kier molecular flexibility index (Phi) is 1.29. The highest BCUT2D eigenvalue weighted by atomic mass is 16.2. The second kappa shape index (κ2) is 2.21. The SMILES string of the molecule is N#CC1(N)N=C2N=CN=C2C(=O)N1. The number of carbonyl (C=O) groups is 1. The van der Waals surface area contributed by atoms with E-state index in [4.69, 9.17) is 11.0 Å². The van der Waals surface area contributed by atoms with E-state index >= 15 is 0 Å². The smallest absolute Gasteiger partial charge is 0.277 e. The van der Waals surface area contributed by atoms with Gasteiger partial charge in [-0.25, -0.2) is 15.0 Å². The average molecular weight is 176 g/mol. The van der Waals surface area contributed by atoms with Crippen LogP contribution in [0.1, 0.15) is 0 Å². The molecule has 7 nitrogen and oxygen atoms in total. The lowest BCUT2D eigenvalue weighted by Crippen LogP contribution is -2.59.